The third-order valence-corrected chi connectivity index (χ3v) is 3.95. The van der Waals surface area contributed by atoms with Gasteiger partial charge in [-0.15, -0.1) is 0 Å². The lowest BCUT2D eigenvalue weighted by Gasteiger charge is -2.12. The van der Waals surface area contributed by atoms with Crippen molar-refractivity contribution in [1.82, 2.24) is 4.98 Å². The molecule has 3 N–H and O–H groups in total. The van der Waals surface area contributed by atoms with E-state index in [2.05, 4.69) is 27.7 Å². The van der Waals surface area contributed by atoms with E-state index in [-0.39, 0.29) is 23.9 Å². The molecule has 0 bridgehead atoms. The number of anilines is 1. The first kappa shape index (κ1) is 28.8. The van der Waals surface area contributed by atoms with Crippen LogP contribution < -0.4 is 15.8 Å². The minimum atomic E-state index is -0.940. The third-order valence-electron chi connectivity index (χ3n) is 3.95. The minimum Gasteiger partial charge on any atom is -0.494 e. The number of methoxy groups -OCH3 is 1. The molecule has 2 heterocycles. The number of amides is 1. The van der Waals surface area contributed by atoms with Crippen LogP contribution >= 0.6 is 12.6 Å². The number of halogens is 2. The molecule has 0 saturated carbocycles. The summed E-state index contributed by atoms with van der Waals surface area (Å²) in [6.45, 7) is 6.34. The van der Waals surface area contributed by atoms with Crippen molar-refractivity contribution in [2.75, 3.05) is 18.7 Å². The van der Waals surface area contributed by atoms with Crippen LogP contribution in [0.2, 0.25) is 0 Å². The molecular formula is C22H33F2N3O3S. The molecule has 0 spiro atoms. The second-order valence-electron chi connectivity index (χ2n) is 6.00. The highest BCUT2D eigenvalue weighted by atomic mass is 32.1. The Morgan fingerprint density at radius 2 is 1.97 bits per heavy atom. The lowest BCUT2D eigenvalue weighted by atomic mass is 10.2. The summed E-state index contributed by atoms with van der Waals surface area (Å²) in [5, 5.41) is 2.82. The molecule has 3 rings (SSSR count). The van der Waals surface area contributed by atoms with Gasteiger partial charge in [0.25, 0.3) is 5.91 Å². The number of benzene rings is 1. The second-order valence-corrected chi connectivity index (χ2v) is 6.00. The van der Waals surface area contributed by atoms with Crippen molar-refractivity contribution < 1.29 is 23.0 Å². The molecule has 9 heteroatoms. The lowest BCUT2D eigenvalue weighted by molar-refractivity contribution is -0.126. The van der Waals surface area contributed by atoms with Crippen LogP contribution in [0.15, 0.2) is 36.5 Å². The number of rotatable bonds is 4. The van der Waals surface area contributed by atoms with Crippen molar-refractivity contribution in [1.29, 1.82) is 0 Å². The predicted molar refractivity (Wildman–Crippen MR) is 123 cm³/mol. The van der Waals surface area contributed by atoms with Gasteiger partial charge in [0.2, 0.25) is 5.82 Å². The zero-order valence-electron chi connectivity index (χ0n) is 18.7. The van der Waals surface area contributed by atoms with Crippen LogP contribution in [0.4, 0.5) is 14.5 Å². The van der Waals surface area contributed by atoms with E-state index >= 15 is 0 Å². The quantitative estimate of drug-likeness (QED) is 0.585. The molecule has 2 aromatic rings. The van der Waals surface area contributed by atoms with Crippen LogP contribution in [0.5, 0.6) is 5.75 Å². The van der Waals surface area contributed by atoms with Gasteiger partial charge >= 0.3 is 0 Å². The highest BCUT2D eigenvalue weighted by molar-refractivity contribution is 7.79. The summed E-state index contributed by atoms with van der Waals surface area (Å²) in [5.41, 5.74) is 6.96. The number of carbonyl (C=O) groups is 1. The number of pyridine rings is 1. The van der Waals surface area contributed by atoms with Gasteiger partial charge in [0, 0.05) is 18.4 Å². The van der Waals surface area contributed by atoms with E-state index in [0.29, 0.717) is 12.2 Å². The smallest absolute Gasteiger partial charge is 0.253 e. The first-order valence-electron chi connectivity index (χ1n) is 9.98. The third kappa shape index (κ3) is 10.1. The van der Waals surface area contributed by atoms with E-state index in [1.807, 2.05) is 20.8 Å². The van der Waals surface area contributed by atoms with Crippen molar-refractivity contribution in [3.05, 3.63) is 53.9 Å². The van der Waals surface area contributed by atoms with Crippen molar-refractivity contribution in [2.45, 2.75) is 52.4 Å². The van der Waals surface area contributed by atoms with Gasteiger partial charge in [0.05, 0.1) is 18.9 Å². The van der Waals surface area contributed by atoms with Crippen LogP contribution in [-0.2, 0) is 16.1 Å². The predicted octanol–water partition coefficient (Wildman–Crippen LogP) is 4.59. The van der Waals surface area contributed by atoms with E-state index in [4.69, 9.17) is 10.5 Å². The summed E-state index contributed by atoms with van der Waals surface area (Å²) < 4.78 is 34.8. The van der Waals surface area contributed by atoms with Crippen molar-refractivity contribution in [3.63, 3.8) is 0 Å². The Bertz CT molecular complexity index is 781. The molecule has 0 aliphatic carbocycles. The summed E-state index contributed by atoms with van der Waals surface area (Å²) in [7, 11) is 1.29. The van der Waals surface area contributed by atoms with Crippen molar-refractivity contribution in [2.24, 2.45) is 5.73 Å². The van der Waals surface area contributed by atoms with Crippen molar-refractivity contribution in [3.8, 4) is 5.75 Å². The molecule has 1 saturated heterocycles. The van der Waals surface area contributed by atoms with Gasteiger partial charge in [-0.2, -0.15) is 17.0 Å². The molecule has 1 aromatic carbocycles. The number of ether oxygens (including phenoxy) is 2. The van der Waals surface area contributed by atoms with Gasteiger partial charge in [0.1, 0.15) is 6.10 Å². The maximum Gasteiger partial charge on any atom is 0.253 e. The molecule has 2 atom stereocenters. The maximum atomic E-state index is 12.5. The zero-order valence-corrected chi connectivity index (χ0v) is 19.6. The van der Waals surface area contributed by atoms with E-state index in [1.165, 1.54) is 19.2 Å². The van der Waals surface area contributed by atoms with Crippen LogP contribution in [0.1, 0.15) is 39.3 Å². The normalized spacial score (nSPS) is 16.4. The van der Waals surface area contributed by atoms with Gasteiger partial charge in [-0.25, -0.2) is 4.39 Å². The Morgan fingerprint density at radius 3 is 2.48 bits per heavy atom. The van der Waals surface area contributed by atoms with Gasteiger partial charge in [-0.1, -0.05) is 19.9 Å². The Hall–Kier alpha value is -2.23. The number of hydrogen-bond acceptors (Lipinski definition) is 6. The first-order valence-corrected chi connectivity index (χ1v) is 10.9. The highest BCUT2D eigenvalue weighted by Gasteiger charge is 2.28. The van der Waals surface area contributed by atoms with Crippen LogP contribution in [0.25, 0.3) is 0 Å². The average Bonchev–Trinajstić information content (AvgIpc) is 3.25. The Kier molecular flexibility index (Phi) is 15.3. The molecule has 1 aliphatic heterocycles. The molecule has 1 aromatic heterocycles. The van der Waals surface area contributed by atoms with E-state index in [1.54, 1.807) is 24.6 Å². The topological polar surface area (TPSA) is 86.5 Å². The fourth-order valence-electron chi connectivity index (χ4n) is 2.53. The molecule has 31 heavy (non-hydrogen) atoms. The number of hydrogen-bond donors (Lipinski definition) is 3. The fraction of sp³-hybridized carbons (Fsp3) is 0.455. The van der Waals surface area contributed by atoms with Crippen LogP contribution in [-0.4, -0.2) is 36.5 Å². The number of aromatic nitrogens is 1. The monoisotopic (exact) mass is 457 g/mol. The Labute approximate surface area is 188 Å². The van der Waals surface area contributed by atoms with Gasteiger partial charge in [-0.3, -0.25) is 9.78 Å². The Balaban J connectivity index is 0.000000549. The van der Waals surface area contributed by atoms with Gasteiger partial charge in [-0.05, 0) is 50.3 Å². The Morgan fingerprint density at radius 1 is 1.29 bits per heavy atom. The fourth-order valence-corrected chi connectivity index (χ4v) is 2.53. The summed E-state index contributed by atoms with van der Waals surface area (Å²) in [6.07, 6.45) is 4.88. The second kappa shape index (κ2) is 16.5. The standard InChI is InChI=1S/C12H17N3O2.C7H6F2O.C2H6.CH4S/c1-8-2-3-11(17-8)12(16)15-9-4-5-14-10(6-9)7-13;1-10-6-4-2-3-5(8)7(6)9;2*1-2/h4-6,8,11H,2-3,7,13H2,1H3,(H,14,15,16);2-4H,1H3;1-2H3;2H,1H3. The summed E-state index contributed by atoms with van der Waals surface area (Å²) in [6, 6.07) is 7.30. The molecule has 1 fully saturated rings. The van der Waals surface area contributed by atoms with Crippen LogP contribution in [0, 0.1) is 11.6 Å². The molecule has 2 unspecified atom stereocenters. The molecule has 1 amide bonds. The number of nitrogens with zero attached hydrogens (tertiary/aromatic N) is 1. The summed E-state index contributed by atoms with van der Waals surface area (Å²) in [5.74, 6) is -1.99. The van der Waals surface area contributed by atoms with Gasteiger partial charge in [0.15, 0.2) is 11.6 Å². The molecular weight excluding hydrogens is 424 g/mol. The largest absolute Gasteiger partial charge is 0.494 e. The first-order chi connectivity index (χ1) is 14.9. The number of carbonyl (C=O) groups excluding carboxylic acids is 1. The molecule has 174 valence electrons. The maximum absolute atomic E-state index is 12.5. The molecule has 6 nitrogen and oxygen atoms in total. The van der Waals surface area contributed by atoms with Crippen LogP contribution in [0.3, 0.4) is 0 Å². The molecule has 0 radical (unpaired) electrons. The number of nitrogens with one attached hydrogen (secondary N) is 1. The average molecular weight is 458 g/mol. The highest BCUT2D eigenvalue weighted by Crippen LogP contribution is 2.20. The lowest BCUT2D eigenvalue weighted by Crippen LogP contribution is -2.27. The summed E-state index contributed by atoms with van der Waals surface area (Å²) >= 11 is 3.53. The van der Waals surface area contributed by atoms with E-state index in [0.717, 1.165) is 24.6 Å². The number of thiol groups is 1. The zero-order chi connectivity index (χ0) is 23.8. The number of nitrogens with two attached hydrogens (primary N) is 1. The molecule has 1 aliphatic rings. The van der Waals surface area contributed by atoms with Crippen molar-refractivity contribution >= 4 is 24.2 Å². The summed E-state index contributed by atoms with van der Waals surface area (Å²) in [4.78, 5) is 15.9. The van der Waals surface area contributed by atoms with E-state index < -0.39 is 11.6 Å². The van der Waals surface area contributed by atoms with E-state index in [9.17, 15) is 13.6 Å². The van der Waals surface area contributed by atoms with Gasteiger partial charge < -0.3 is 20.5 Å². The minimum absolute atomic E-state index is 0.0694. The SMILES string of the molecule is CC.CC1CCC(C(=O)Nc2ccnc(CN)c2)O1.COc1cccc(F)c1F.CS.